The summed E-state index contributed by atoms with van der Waals surface area (Å²) in [6, 6.07) is 13.5. The van der Waals surface area contributed by atoms with Crippen molar-refractivity contribution in [2.75, 3.05) is 13.1 Å². The maximum atomic E-state index is 13.5. The SMILES string of the molecule is CCNCC(Cc1cc(C)ccc1C)c1cccc(F)c1. The zero-order valence-corrected chi connectivity index (χ0v) is 13.1. The predicted octanol–water partition coefficient (Wildman–Crippen LogP) is 4.38. The van der Waals surface area contributed by atoms with Crippen molar-refractivity contribution in [2.24, 2.45) is 0 Å². The fourth-order valence-electron chi connectivity index (χ4n) is 2.67. The Bertz CT molecular complexity index is 592. The molecule has 0 saturated heterocycles. The second-order valence-corrected chi connectivity index (χ2v) is 5.69. The number of likely N-dealkylation sites (N-methyl/N-ethyl adjacent to an activating group) is 1. The van der Waals surface area contributed by atoms with Gasteiger partial charge in [-0.25, -0.2) is 4.39 Å². The zero-order valence-electron chi connectivity index (χ0n) is 13.1. The molecular formula is C19H24FN. The summed E-state index contributed by atoms with van der Waals surface area (Å²) in [6.45, 7) is 8.15. The van der Waals surface area contributed by atoms with Crippen LogP contribution >= 0.6 is 0 Å². The summed E-state index contributed by atoms with van der Waals surface area (Å²) in [5.74, 6) is 0.135. The molecule has 0 aliphatic heterocycles. The Hall–Kier alpha value is -1.67. The average molecular weight is 285 g/mol. The zero-order chi connectivity index (χ0) is 15.2. The van der Waals surface area contributed by atoms with Gasteiger partial charge in [-0.3, -0.25) is 0 Å². The molecule has 1 N–H and O–H groups in total. The molecule has 0 radical (unpaired) electrons. The van der Waals surface area contributed by atoms with Crippen molar-refractivity contribution in [3.05, 3.63) is 70.5 Å². The third-order valence-electron chi connectivity index (χ3n) is 3.93. The van der Waals surface area contributed by atoms with Crippen LogP contribution in [0.4, 0.5) is 4.39 Å². The maximum absolute atomic E-state index is 13.5. The van der Waals surface area contributed by atoms with Gasteiger partial charge < -0.3 is 5.32 Å². The number of rotatable bonds is 6. The van der Waals surface area contributed by atoms with E-state index < -0.39 is 0 Å². The summed E-state index contributed by atoms with van der Waals surface area (Å²) in [7, 11) is 0. The van der Waals surface area contributed by atoms with E-state index in [2.05, 4.69) is 44.3 Å². The van der Waals surface area contributed by atoms with Crippen LogP contribution in [0.1, 0.15) is 35.1 Å². The van der Waals surface area contributed by atoms with Gasteiger partial charge in [0.1, 0.15) is 5.82 Å². The Kier molecular flexibility index (Phi) is 5.51. The van der Waals surface area contributed by atoms with Gasteiger partial charge in [0.15, 0.2) is 0 Å². The lowest BCUT2D eigenvalue weighted by Crippen LogP contribution is -2.23. The Morgan fingerprint density at radius 1 is 1.10 bits per heavy atom. The van der Waals surface area contributed by atoms with Crippen molar-refractivity contribution in [1.82, 2.24) is 5.32 Å². The van der Waals surface area contributed by atoms with Crippen LogP contribution < -0.4 is 5.32 Å². The minimum atomic E-state index is -0.157. The van der Waals surface area contributed by atoms with E-state index in [9.17, 15) is 4.39 Å². The molecule has 112 valence electrons. The fraction of sp³-hybridized carbons (Fsp3) is 0.368. The maximum Gasteiger partial charge on any atom is 0.123 e. The number of hydrogen-bond acceptors (Lipinski definition) is 1. The molecule has 1 atom stereocenters. The van der Waals surface area contributed by atoms with E-state index in [4.69, 9.17) is 0 Å². The normalized spacial score (nSPS) is 12.4. The highest BCUT2D eigenvalue weighted by atomic mass is 19.1. The first kappa shape index (κ1) is 15.7. The van der Waals surface area contributed by atoms with Gasteiger partial charge in [-0.1, -0.05) is 42.8 Å². The molecule has 0 saturated carbocycles. The summed E-state index contributed by atoms with van der Waals surface area (Å²) in [5, 5.41) is 3.40. The summed E-state index contributed by atoms with van der Waals surface area (Å²) in [4.78, 5) is 0. The van der Waals surface area contributed by atoms with Crippen LogP contribution in [-0.4, -0.2) is 13.1 Å². The first-order chi connectivity index (χ1) is 10.1. The average Bonchev–Trinajstić information content (AvgIpc) is 2.47. The highest BCUT2D eigenvalue weighted by molar-refractivity contribution is 5.33. The second kappa shape index (κ2) is 7.37. The van der Waals surface area contributed by atoms with Crippen LogP contribution in [-0.2, 0) is 6.42 Å². The van der Waals surface area contributed by atoms with Gasteiger partial charge in [-0.05, 0) is 55.6 Å². The van der Waals surface area contributed by atoms with Crippen LogP contribution in [0.15, 0.2) is 42.5 Å². The van der Waals surface area contributed by atoms with Crippen molar-refractivity contribution < 1.29 is 4.39 Å². The smallest absolute Gasteiger partial charge is 0.123 e. The summed E-state index contributed by atoms with van der Waals surface area (Å²) in [5.41, 5.74) is 4.99. The molecule has 1 nitrogen and oxygen atoms in total. The molecule has 0 heterocycles. The highest BCUT2D eigenvalue weighted by Crippen LogP contribution is 2.23. The molecule has 0 aliphatic rings. The Morgan fingerprint density at radius 2 is 1.90 bits per heavy atom. The number of halogens is 1. The van der Waals surface area contributed by atoms with Gasteiger partial charge >= 0.3 is 0 Å². The van der Waals surface area contributed by atoms with Gasteiger partial charge in [-0.15, -0.1) is 0 Å². The van der Waals surface area contributed by atoms with Crippen LogP contribution in [0.2, 0.25) is 0 Å². The minimum absolute atomic E-state index is 0.157. The van der Waals surface area contributed by atoms with Gasteiger partial charge in [0.25, 0.3) is 0 Å². The third-order valence-corrected chi connectivity index (χ3v) is 3.93. The minimum Gasteiger partial charge on any atom is -0.316 e. The van der Waals surface area contributed by atoms with Crippen molar-refractivity contribution in [3.8, 4) is 0 Å². The number of hydrogen-bond donors (Lipinski definition) is 1. The Balaban J connectivity index is 2.25. The summed E-state index contributed by atoms with van der Waals surface area (Å²) >= 11 is 0. The van der Waals surface area contributed by atoms with Crippen molar-refractivity contribution in [2.45, 2.75) is 33.1 Å². The molecule has 0 fully saturated rings. The topological polar surface area (TPSA) is 12.0 Å². The number of aryl methyl sites for hydroxylation is 2. The van der Waals surface area contributed by atoms with Gasteiger partial charge in [0, 0.05) is 12.5 Å². The van der Waals surface area contributed by atoms with Crippen LogP contribution in [0, 0.1) is 19.7 Å². The van der Waals surface area contributed by atoms with E-state index in [1.54, 1.807) is 12.1 Å². The molecule has 2 aromatic rings. The molecule has 21 heavy (non-hydrogen) atoms. The molecular weight excluding hydrogens is 261 g/mol. The Morgan fingerprint density at radius 3 is 2.62 bits per heavy atom. The fourth-order valence-corrected chi connectivity index (χ4v) is 2.67. The summed E-state index contributed by atoms with van der Waals surface area (Å²) < 4.78 is 13.5. The standard InChI is InChI=1S/C19H24FN/c1-4-21-13-18(16-6-5-7-19(20)12-16)11-17-10-14(2)8-9-15(17)3/h5-10,12,18,21H,4,11,13H2,1-3H3. The monoisotopic (exact) mass is 285 g/mol. The molecule has 0 aliphatic carbocycles. The van der Waals surface area contributed by atoms with E-state index >= 15 is 0 Å². The lowest BCUT2D eigenvalue weighted by molar-refractivity contribution is 0.582. The highest BCUT2D eigenvalue weighted by Gasteiger charge is 2.14. The van der Waals surface area contributed by atoms with E-state index in [1.165, 1.54) is 22.8 Å². The third kappa shape index (κ3) is 4.40. The quantitative estimate of drug-likeness (QED) is 0.830. The molecule has 2 rings (SSSR count). The van der Waals surface area contributed by atoms with Crippen molar-refractivity contribution in [1.29, 1.82) is 0 Å². The van der Waals surface area contributed by atoms with Gasteiger partial charge in [0.05, 0.1) is 0 Å². The molecule has 0 aromatic heterocycles. The van der Waals surface area contributed by atoms with E-state index in [1.807, 2.05) is 6.07 Å². The summed E-state index contributed by atoms with van der Waals surface area (Å²) in [6.07, 6.45) is 0.934. The van der Waals surface area contributed by atoms with Crippen LogP contribution in [0.25, 0.3) is 0 Å². The molecule has 0 amide bonds. The number of benzene rings is 2. The molecule has 2 aromatic carbocycles. The largest absolute Gasteiger partial charge is 0.316 e. The molecule has 0 bridgehead atoms. The van der Waals surface area contributed by atoms with Gasteiger partial charge in [0.2, 0.25) is 0 Å². The van der Waals surface area contributed by atoms with E-state index in [0.717, 1.165) is 25.1 Å². The van der Waals surface area contributed by atoms with Crippen LogP contribution in [0.5, 0.6) is 0 Å². The Labute approximate surface area is 127 Å². The first-order valence-electron chi connectivity index (χ1n) is 7.62. The number of nitrogens with one attached hydrogen (secondary N) is 1. The van der Waals surface area contributed by atoms with Gasteiger partial charge in [-0.2, -0.15) is 0 Å². The van der Waals surface area contributed by atoms with Crippen LogP contribution in [0.3, 0.4) is 0 Å². The first-order valence-corrected chi connectivity index (χ1v) is 7.62. The lowest BCUT2D eigenvalue weighted by atomic mass is 9.89. The molecule has 2 heteroatoms. The lowest BCUT2D eigenvalue weighted by Gasteiger charge is -2.19. The molecule has 0 spiro atoms. The van der Waals surface area contributed by atoms with E-state index in [-0.39, 0.29) is 5.82 Å². The van der Waals surface area contributed by atoms with Crippen molar-refractivity contribution in [3.63, 3.8) is 0 Å². The molecule has 1 unspecified atom stereocenters. The van der Waals surface area contributed by atoms with E-state index in [0.29, 0.717) is 5.92 Å². The second-order valence-electron chi connectivity index (χ2n) is 5.69. The predicted molar refractivity (Wildman–Crippen MR) is 87.3 cm³/mol. The van der Waals surface area contributed by atoms with Crippen molar-refractivity contribution >= 4 is 0 Å².